The van der Waals surface area contributed by atoms with E-state index < -0.39 is 16.1 Å². The molecule has 0 saturated carbocycles. The summed E-state index contributed by atoms with van der Waals surface area (Å²) >= 11 is 6.52. The first-order valence-electron chi connectivity index (χ1n) is 8.78. The van der Waals surface area contributed by atoms with Gasteiger partial charge >= 0.3 is 0 Å². The van der Waals surface area contributed by atoms with E-state index in [0.29, 0.717) is 6.61 Å². The van der Waals surface area contributed by atoms with Gasteiger partial charge in [-0.25, -0.2) is 0 Å². The summed E-state index contributed by atoms with van der Waals surface area (Å²) in [6, 6.07) is 17.2. The highest BCUT2D eigenvalue weighted by atomic mass is 35.5. The lowest BCUT2D eigenvalue weighted by molar-refractivity contribution is 0.340. The number of rotatable bonds is 8. The zero-order chi connectivity index (χ0) is 18.5. The molecule has 0 amide bonds. The Morgan fingerprint density at radius 1 is 0.840 bits per heavy atom. The largest absolute Gasteiger partial charge is 0.497 e. The van der Waals surface area contributed by atoms with Gasteiger partial charge in [-0.05, 0) is 31.2 Å². The Kier molecular flexibility index (Phi) is 6.77. The quantitative estimate of drug-likeness (QED) is 0.492. The Balaban J connectivity index is 2.25. The first-order valence-corrected chi connectivity index (χ1v) is 15.4. The second-order valence-corrected chi connectivity index (χ2v) is 18.0. The van der Waals surface area contributed by atoms with Gasteiger partial charge < -0.3 is 9.47 Å². The van der Waals surface area contributed by atoms with E-state index in [1.165, 1.54) is 16.0 Å². The van der Waals surface area contributed by atoms with Crippen molar-refractivity contribution in [3.05, 3.63) is 48.5 Å². The van der Waals surface area contributed by atoms with Crippen molar-refractivity contribution in [2.24, 2.45) is 0 Å². The zero-order valence-electron chi connectivity index (χ0n) is 15.9. The summed E-state index contributed by atoms with van der Waals surface area (Å²) in [5.41, 5.74) is 1.97. The van der Waals surface area contributed by atoms with Crippen LogP contribution in [0.4, 0.5) is 0 Å². The highest BCUT2D eigenvalue weighted by Crippen LogP contribution is 2.23. The number of benzene rings is 2. The third-order valence-corrected chi connectivity index (χ3v) is 17.5. The summed E-state index contributed by atoms with van der Waals surface area (Å²) in [7, 11) is -1.63. The minimum absolute atomic E-state index is 0.695. The predicted octanol–water partition coefficient (Wildman–Crippen LogP) is 4.31. The number of hydrogen-bond acceptors (Lipinski definition) is 2. The van der Waals surface area contributed by atoms with Gasteiger partial charge in [-0.3, -0.25) is 0 Å². The van der Waals surface area contributed by atoms with Crippen LogP contribution in [-0.4, -0.2) is 35.4 Å². The molecule has 5 heteroatoms. The molecule has 0 saturated heterocycles. The van der Waals surface area contributed by atoms with E-state index in [2.05, 4.69) is 68.2 Å². The van der Waals surface area contributed by atoms with Gasteiger partial charge in [0.15, 0.2) is 0 Å². The molecule has 2 rings (SSSR count). The SMILES string of the molecule is CCOc1ccc([Si](C)(CCl)C[Si](C)(C)c2ccc(OC)cc2)cc1. The molecular formula is C20H29ClO2Si2. The monoisotopic (exact) mass is 392 g/mol. The van der Waals surface area contributed by atoms with Crippen molar-refractivity contribution in [2.45, 2.75) is 32.2 Å². The molecule has 2 aromatic rings. The third kappa shape index (κ3) is 4.90. The highest BCUT2D eigenvalue weighted by Gasteiger charge is 2.37. The van der Waals surface area contributed by atoms with E-state index in [1.54, 1.807) is 7.11 Å². The van der Waals surface area contributed by atoms with E-state index in [4.69, 9.17) is 21.1 Å². The summed E-state index contributed by atoms with van der Waals surface area (Å²) in [6.45, 7) is 10.0. The third-order valence-electron chi connectivity index (χ3n) is 4.86. The van der Waals surface area contributed by atoms with Crippen LogP contribution in [-0.2, 0) is 0 Å². The lowest BCUT2D eigenvalue weighted by Gasteiger charge is -2.34. The Morgan fingerprint density at radius 2 is 1.36 bits per heavy atom. The highest BCUT2D eigenvalue weighted by molar-refractivity contribution is 7.08. The lowest BCUT2D eigenvalue weighted by Crippen LogP contribution is -2.57. The molecule has 0 aliphatic heterocycles. The van der Waals surface area contributed by atoms with Crippen LogP contribution in [0.3, 0.4) is 0 Å². The number of halogens is 1. The van der Waals surface area contributed by atoms with Gasteiger partial charge in [0.05, 0.1) is 29.9 Å². The smallest absolute Gasteiger partial charge is 0.119 e. The van der Waals surface area contributed by atoms with Crippen LogP contribution in [0.1, 0.15) is 6.92 Å². The summed E-state index contributed by atoms with van der Waals surface area (Å²) in [5, 5.41) is 2.88. The maximum atomic E-state index is 6.52. The molecule has 2 nitrogen and oxygen atoms in total. The maximum Gasteiger partial charge on any atom is 0.119 e. The van der Waals surface area contributed by atoms with Crippen LogP contribution >= 0.6 is 11.6 Å². The molecule has 1 unspecified atom stereocenters. The van der Waals surface area contributed by atoms with Crippen molar-refractivity contribution in [1.82, 2.24) is 0 Å². The molecule has 25 heavy (non-hydrogen) atoms. The van der Waals surface area contributed by atoms with Crippen molar-refractivity contribution >= 4 is 38.1 Å². The Labute approximate surface area is 159 Å². The van der Waals surface area contributed by atoms with Crippen molar-refractivity contribution in [3.63, 3.8) is 0 Å². The normalized spacial score (nSPS) is 14.0. The summed E-state index contributed by atoms with van der Waals surface area (Å²) < 4.78 is 10.9. The predicted molar refractivity (Wildman–Crippen MR) is 115 cm³/mol. The molecule has 0 aromatic heterocycles. The fraction of sp³-hybridized carbons (Fsp3) is 0.400. The van der Waals surface area contributed by atoms with Gasteiger partial charge in [-0.15, -0.1) is 11.6 Å². The second kappa shape index (κ2) is 8.43. The molecule has 0 fully saturated rings. The van der Waals surface area contributed by atoms with Gasteiger partial charge in [0.2, 0.25) is 0 Å². The van der Waals surface area contributed by atoms with Crippen molar-refractivity contribution in [1.29, 1.82) is 0 Å². The van der Waals surface area contributed by atoms with E-state index in [9.17, 15) is 0 Å². The van der Waals surface area contributed by atoms with E-state index >= 15 is 0 Å². The van der Waals surface area contributed by atoms with Gasteiger partial charge in [0.1, 0.15) is 11.5 Å². The molecule has 0 aliphatic carbocycles. The molecule has 0 bridgehead atoms. The standard InChI is InChI=1S/C20H29ClO2Si2/c1-6-23-18-9-13-20(14-10-18)25(5,15-21)16-24(3,4)19-11-7-17(22-2)8-12-19/h7-14H,6,15-16H2,1-5H3. The Hall–Kier alpha value is -1.24. The minimum atomic E-state index is -1.75. The molecule has 1 atom stereocenters. The fourth-order valence-corrected chi connectivity index (χ4v) is 16.8. The van der Waals surface area contributed by atoms with E-state index in [0.717, 1.165) is 17.0 Å². The molecular weight excluding hydrogens is 364 g/mol. The summed E-state index contributed by atoms with van der Waals surface area (Å²) in [6.07, 6.45) is 0. The maximum absolute atomic E-state index is 6.52. The topological polar surface area (TPSA) is 18.5 Å². The zero-order valence-corrected chi connectivity index (χ0v) is 18.7. The molecule has 2 aromatic carbocycles. The lowest BCUT2D eigenvalue weighted by atomic mass is 10.3. The first kappa shape index (κ1) is 20.1. The minimum Gasteiger partial charge on any atom is -0.497 e. The fourth-order valence-electron chi connectivity index (χ4n) is 3.47. The van der Waals surface area contributed by atoms with Gasteiger partial charge in [0.25, 0.3) is 0 Å². The van der Waals surface area contributed by atoms with Crippen LogP contribution in [0.2, 0.25) is 25.3 Å². The Morgan fingerprint density at radius 3 is 1.84 bits per heavy atom. The molecule has 0 heterocycles. The van der Waals surface area contributed by atoms with Crippen LogP contribution in [0.15, 0.2) is 48.5 Å². The summed E-state index contributed by atoms with van der Waals surface area (Å²) in [5.74, 6) is 1.85. The Bertz CT molecular complexity index is 671. The number of alkyl halides is 1. The van der Waals surface area contributed by atoms with Crippen LogP contribution in [0.5, 0.6) is 11.5 Å². The van der Waals surface area contributed by atoms with Crippen LogP contribution in [0, 0.1) is 0 Å². The van der Waals surface area contributed by atoms with Crippen molar-refractivity contribution in [3.8, 4) is 11.5 Å². The van der Waals surface area contributed by atoms with Crippen LogP contribution in [0.25, 0.3) is 0 Å². The van der Waals surface area contributed by atoms with E-state index in [1.807, 2.05) is 6.92 Å². The van der Waals surface area contributed by atoms with Gasteiger partial charge in [-0.1, -0.05) is 59.9 Å². The van der Waals surface area contributed by atoms with E-state index in [-0.39, 0.29) is 0 Å². The average Bonchev–Trinajstić information content (AvgIpc) is 2.62. The van der Waals surface area contributed by atoms with Crippen molar-refractivity contribution in [2.75, 3.05) is 19.2 Å². The summed E-state index contributed by atoms with van der Waals surface area (Å²) in [4.78, 5) is 0. The number of ether oxygens (including phenoxy) is 2. The van der Waals surface area contributed by atoms with Gasteiger partial charge in [0, 0.05) is 5.50 Å². The van der Waals surface area contributed by atoms with Crippen LogP contribution < -0.4 is 19.8 Å². The molecule has 0 aliphatic rings. The second-order valence-electron chi connectivity index (χ2n) is 7.44. The van der Waals surface area contributed by atoms with Crippen molar-refractivity contribution < 1.29 is 9.47 Å². The molecule has 136 valence electrons. The first-order chi connectivity index (χ1) is 11.8. The molecule has 0 radical (unpaired) electrons. The molecule has 0 N–H and O–H groups in total. The number of hydrogen-bond donors (Lipinski definition) is 0. The molecule has 0 spiro atoms. The van der Waals surface area contributed by atoms with Gasteiger partial charge in [-0.2, -0.15) is 0 Å². The number of methoxy groups -OCH3 is 1. The average molecular weight is 393 g/mol.